The number of hydrogen-bond acceptors (Lipinski definition) is 3. The molecule has 5 nitrogen and oxygen atoms in total. The predicted molar refractivity (Wildman–Crippen MR) is 113 cm³/mol. The Kier molecular flexibility index (Phi) is 5.24. The third-order valence-corrected chi connectivity index (χ3v) is 5.60. The molecular weight excluding hydrogens is 405 g/mol. The Morgan fingerprint density at radius 2 is 1.77 bits per heavy atom. The van der Waals surface area contributed by atoms with Crippen molar-refractivity contribution in [1.82, 2.24) is 9.78 Å². The van der Waals surface area contributed by atoms with E-state index in [9.17, 15) is 18.0 Å². The summed E-state index contributed by atoms with van der Waals surface area (Å²) in [6.07, 6.45) is -3.51. The van der Waals surface area contributed by atoms with Crippen LogP contribution >= 0.6 is 0 Å². The van der Waals surface area contributed by atoms with Gasteiger partial charge in [-0.25, -0.2) is 4.68 Å². The van der Waals surface area contributed by atoms with Crippen LogP contribution < -0.4 is 10.6 Å². The van der Waals surface area contributed by atoms with E-state index < -0.39 is 24.2 Å². The maximum absolute atomic E-state index is 13.8. The first-order chi connectivity index (χ1) is 14.6. The predicted octanol–water partition coefficient (Wildman–Crippen LogP) is 5.72. The van der Waals surface area contributed by atoms with Gasteiger partial charge in [0.2, 0.25) is 0 Å². The fourth-order valence-corrected chi connectivity index (χ4v) is 3.81. The Hall–Kier alpha value is -3.29. The van der Waals surface area contributed by atoms with Crippen LogP contribution in [-0.2, 0) is 0 Å². The van der Waals surface area contributed by atoms with Crippen LogP contribution in [0.1, 0.15) is 51.1 Å². The van der Waals surface area contributed by atoms with Crippen molar-refractivity contribution >= 4 is 17.4 Å². The van der Waals surface area contributed by atoms with Crippen molar-refractivity contribution in [3.63, 3.8) is 0 Å². The molecule has 2 atom stereocenters. The lowest BCUT2D eigenvalue weighted by Gasteiger charge is -2.34. The average molecular weight is 428 g/mol. The van der Waals surface area contributed by atoms with Gasteiger partial charge in [-0.3, -0.25) is 4.79 Å². The molecule has 2 unspecified atom stereocenters. The Balaban J connectivity index is 1.70. The van der Waals surface area contributed by atoms with Crippen molar-refractivity contribution in [3.8, 4) is 0 Å². The highest BCUT2D eigenvalue weighted by molar-refractivity contribution is 6.07. The van der Waals surface area contributed by atoms with Crippen molar-refractivity contribution in [2.75, 3.05) is 10.6 Å². The van der Waals surface area contributed by atoms with Crippen LogP contribution in [-0.4, -0.2) is 21.9 Å². The van der Waals surface area contributed by atoms with E-state index >= 15 is 0 Å². The molecule has 0 saturated heterocycles. The highest BCUT2D eigenvalue weighted by Crippen LogP contribution is 2.44. The number of hydrogen-bond donors (Lipinski definition) is 2. The number of aromatic nitrogens is 2. The maximum Gasteiger partial charge on any atom is 0.410 e. The highest BCUT2D eigenvalue weighted by atomic mass is 19.4. The van der Waals surface area contributed by atoms with Gasteiger partial charge in [-0.05, 0) is 43.5 Å². The Morgan fingerprint density at radius 1 is 1.10 bits per heavy atom. The van der Waals surface area contributed by atoms with Crippen molar-refractivity contribution in [2.45, 2.75) is 45.5 Å². The largest absolute Gasteiger partial charge is 0.410 e. The van der Waals surface area contributed by atoms with E-state index in [1.165, 1.54) is 6.20 Å². The van der Waals surface area contributed by atoms with Crippen molar-refractivity contribution in [3.05, 3.63) is 76.5 Å². The second kappa shape index (κ2) is 7.76. The number of aryl methyl sites for hydroxylation is 3. The normalized spacial score (nSPS) is 18.3. The third kappa shape index (κ3) is 4.15. The Morgan fingerprint density at radius 3 is 2.45 bits per heavy atom. The zero-order valence-corrected chi connectivity index (χ0v) is 17.4. The van der Waals surface area contributed by atoms with Gasteiger partial charge < -0.3 is 10.6 Å². The van der Waals surface area contributed by atoms with Gasteiger partial charge in [0.25, 0.3) is 5.91 Å². The number of rotatable bonds is 3. The van der Waals surface area contributed by atoms with Crippen LogP contribution in [0.2, 0.25) is 0 Å². The van der Waals surface area contributed by atoms with Crippen LogP contribution in [0.3, 0.4) is 0 Å². The summed E-state index contributed by atoms with van der Waals surface area (Å²) < 4.78 is 42.4. The number of carbonyl (C=O) groups is 1. The smallest absolute Gasteiger partial charge is 0.363 e. The number of alkyl halides is 3. The van der Waals surface area contributed by atoms with Gasteiger partial charge in [0.1, 0.15) is 11.4 Å². The lowest BCUT2D eigenvalue weighted by Crippen LogP contribution is -2.36. The molecule has 0 aliphatic carbocycles. The lowest BCUT2D eigenvalue weighted by molar-refractivity contribution is -0.173. The summed E-state index contributed by atoms with van der Waals surface area (Å²) in [7, 11) is 0. The first-order valence-electron chi connectivity index (χ1n) is 9.99. The molecule has 2 aromatic carbocycles. The Labute approximate surface area is 178 Å². The van der Waals surface area contributed by atoms with Gasteiger partial charge in [0.15, 0.2) is 6.04 Å². The highest BCUT2D eigenvalue weighted by Gasteiger charge is 2.47. The maximum atomic E-state index is 13.8. The average Bonchev–Trinajstić information content (AvgIpc) is 3.14. The number of halogens is 3. The molecule has 1 aliphatic rings. The summed E-state index contributed by atoms with van der Waals surface area (Å²) in [5, 5.41) is 9.84. The summed E-state index contributed by atoms with van der Waals surface area (Å²) in [6.45, 7) is 5.67. The SMILES string of the molecule is Cc1ccc(C2CC(C(F)(F)F)n3ncc(C(=O)Nc4cc(C)ccc4C)c3N2)cc1. The summed E-state index contributed by atoms with van der Waals surface area (Å²) in [5.74, 6) is -0.435. The number of nitrogens with zero attached hydrogens (tertiary/aromatic N) is 2. The molecule has 31 heavy (non-hydrogen) atoms. The minimum atomic E-state index is -4.49. The van der Waals surface area contributed by atoms with Crippen LogP contribution in [0.15, 0.2) is 48.7 Å². The molecule has 0 bridgehead atoms. The van der Waals surface area contributed by atoms with Crippen molar-refractivity contribution < 1.29 is 18.0 Å². The Bertz CT molecular complexity index is 1120. The van der Waals surface area contributed by atoms with E-state index in [2.05, 4.69) is 15.7 Å². The molecule has 1 aromatic heterocycles. The van der Waals surface area contributed by atoms with Gasteiger partial charge in [-0.1, -0.05) is 42.0 Å². The molecule has 2 heterocycles. The summed E-state index contributed by atoms with van der Waals surface area (Å²) in [4.78, 5) is 13.0. The molecule has 0 fully saturated rings. The molecule has 0 radical (unpaired) electrons. The summed E-state index contributed by atoms with van der Waals surface area (Å²) in [5.41, 5.74) is 4.26. The third-order valence-electron chi connectivity index (χ3n) is 5.60. The van der Waals surface area contributed by atoms with E-state index in [0.717, 1.165) is 26.9 Å². The van der Waals surface area contributed by atoms with Crippen LogP contribution in [0.4, 0.5) is 24.7 Å². The van der Waals surface area contributed by atoms with Crippen LogP contribution in [0, 0.1) is 20.8 Å². The van der Waals surface area contributed by atoms with Crippen molar-refractivity contribution in [1.29, 1.82) is 0 Å². The number of carbonyl (C=O) groups excluding carboxylic acids is 1. The zero-order chi connectivity index (χ0) is 22.3. The lowest BCUT2D eigenvalue weighted by atomic mass is 9.96. The number of nitrogens with one attached hydrogen (secondary N) is 2. The van der Waals surface area contributed by atoms with Gasteiger partial charge in [-0.2, -0.15) is 18.3 Å². The molecule has 162 valence electrons. The molecule has 4 rings (SSSR count). The minimum Gasteiger partial charge on any atom is -0.363 e. The minimum absolute atomic E-state index is 0.0713. The zero-order valence-electron chi connectivity index (χ0n) is 17.4. The molecular formula is C23H23F3N4O. The fraction of sp³-hybridized carbons (Fsp3) is 0.304. The van der Waals surface area contributed by atoms with Gasteiger partial charge in [0, 0.05) is 12.1 Å². The first kappa shape index (κ1) is 21.0. The second-order valence-corrected chi connectivity index (χ2v) is 8.02. The molecule has 8 heteroatoms. The molecule has 0 saturated carbocycles. The number of amides is 1. The standard InChI is InChI=1S/C23H23F3N4O/c1-13-5-8-16(9-6-13)19-11-20(23(24,25)26)30-21(28-19)17(12-27-30)22(31)29-18-10-14(2)4-7-15(18)3/h4-10,12,19-20,28H,11H2,1-3H3,(H,29,31). The van der Waals surface area contributed by atoms with Crippen LogP contribution in [0.25, 0.3) is 0 Å². The quantitative estimate of drug-likeness (QED) is 0.561. The van der Waals surface area contributed by atoms with E-state index in [1.54, 1.807) is 0 Å². The molecule has 3 aromatic rings. The molecule has 2 N–H and O–H groups in total. The van der Waals surface area contributed by atoms with E-state index in [1.807, 2.05) is 63.2 Å². The number of benzene rings is 2. The summed E-state index contributed by atoms with van der Waals surface area (Å²) in [6, 6.07) is 10.5. The summed E-state index contributed by atoms with van der Waals surface area (Å²) >= 11 is 0. The van der Waals surface area contributed by atoms with Gasteiger partial charge in [0.05, 0.1) is 12.2 Å². The van der Waals surface area contributed by atoms with Crippen LogP contribution in [0.5, 0.6) is 0 Å². The fourth-order valence-electron chi connectivity index (χ4n) is 3.81. The van der Waals surface area contributed by atoms with E-state index in [4.69, 9.17) is 0 Å². The monoisotopic (exact) mass is 428 g/mol. The van der Waals surface area contributed by atoms with E-state index in [0.29, 0.717) is 5.69 Å². The topological polar surface area (TPSA) is 59.0 Å². The first-order valence-corrected chi connectivity index (χ1v) is 9.99. The van der Waals surface area contributed by atoms with Gasteiger partial charge >= 0.3 is 6.18 Å². The molecule has 1 amide bonds. The number of fused-ring (bicyclic) bond motifs is 1. The molecule has 1 aliphatic heterocycles. The number of anilines is 2. The second-order valence-electron chi connectivity index (χ2n) is 8.02. The van der Waals surface area contributed by atoms with Crippen molar-refractivity contribution in [2.24, 2.45) is 0 Å². The molecule has 0 spiro atoms. The van der Waals surface area contributed by atoms with E-state index in [-0.39, 0.29) is 17.8 Å². The van der Waals surface area contributed by atoms with Gasteiger partial charge in [-0.15, -0.1) is 0 Å².